The van der Waals surface area contributed by atoms with Crippen molar-refractivity contribution in [1.29, 1.82) is 0 Å². The van der Waals surface area contributed by atoms with Gasteiger partial charge < -0.3 is 4.74 Å². The molecule has 15 heavy (non-hydrogen) atoms. The lowest BCUT2D eigenvalue weighted by atomic mass is 9.98. The van der Waals surface area contributed by atoms with Crippen LogP contribution in [0.15, 0.2) is 0 Å². The van der Waals surface area contributed by atoms with Crippen LogP contribution in [0.3, 0.4) is 0 Å². The molecule has 2 fully saturated rings. The number of rotatable bonds is 2. The summed E-state index contributed by atoms with van der Waals surface area (Å²) in [5.41, 5.74) is 0. The maximum atomic E-state index is 11.7. The molecule has 0 aromatic heterocycles. The number of hydrogen-bond donors (Lipinski definition) is 0. The van der Waals surface area contributed by atoms with Gasteiger partial charge in [0.25, 0.3) is 0 Å². The smallest absolute Gasteiger partial charge is 0.235 e. The molecule has 0 aromatic carbocycles. The van der Waals surface area contributed by atoms with Crippen molar-refractivity contribution in [2.24, 2.45) is 5.92 Å². The Kier molecular flexibility index (Phi) is 2.78. The van der Waals surface area contributed by atoms with Crippen molar-refractivity contribution < 1.29 is 14.3 Å². The molecule has 0 N–H and O–H groups in total. The third kappa shape index (κ3) is 1.78. The molecule has 3 atom stereocenters. The molecule has 84 valence electrons. The molecular weight excluding hydrogens is 194 g/mol. The second-order valence-electron chi connectivity index (χ2n) is 4.38. The molecular formula is C11H17NO3. The van der Waals surface area contributed by atoms with Gasteiger partial charge in [0.2, 0.25) is 11.8 Å². The number of imide groups is 1. The second kappa shape index (κ2) is 3.93. The zero-order valence-electron chi connectivity index (χ0n) is 9.23. The molecule has 0 aromatic rings. The fourth-order valence-electron chi connectivity index (χ4n) is 2.40. The number of carbonyl (C=O) groups is 2. The molecule has 4 heteroatoms. The first-order valence-electron chi connectivity index (χ1n) is 5.59. The normalized spacial score (nSPS) is 36.7. The van der Waals surface area contributed by atoms with Crippen LogP contribution >= 0.6 is 0 Å². The fraction of sp³-hybridized carbons (Fsp3) is 0.818. The fourth-order valence-corrected chi connectivity index (χ4v) is 2.40. The first-order chi connectivity index (χ1) is 7.13. The quantitative estimate of drug-likeness (QED) is 0.639. The number of hydrogen-bond acceptors (Lipinski definition) is 3. The molecule has 0 saturated carbocycles. The third-order valence-electron chi connectivity index (χ3n) is 3.46. The predicted molar refractivity (Wildman–Crippen MR) is 54.1 cm³/mol. The van der Waals surface area contributed by atoms with E-state index in [0.717, 1.165) is 19.3 Å². The lowest BCUT2D eigenvalue weighted by molar-refractivity contribution is -0.139. The Labute approximate surface area is 89.6 Å². The van der Waals surface area contributed by atoms with Crippen LogP contribution in [0.25, 0.3) is 0 Å². The van der Waals surface area contributed by atoms with Crippen molar-refractivity contribution in [1.82, 2.24) is 4.90 Å². The van der Waals surface area contributed by atoms with Crippen LogP contribution in [-0.2, 0) is 14.3 Å². The average molecular weight is 211 g/mol. The molecule has 4 nitrogen and oxygen atoms in total. The summed E-state index contributed by atoms with van der Waals surface area (Å²) < 4.78 is 5.76. The van der Waals surface area contributed by atoms with Crippen molar-refractivity contribution in [3.05, 3.63) is 0 Å². The minimum atomic E-state index is -0.223. The highest BCUT2D eigenvalue weighted by Crippen LogP contribution is 2.32. The highest BCUT2D eigenvalue weighted by Gasteiger charge is 2.43. The zero-order chi connectivity index (χ0) is 11.0. The van der Waals surface area contributed by atoms with Crippen LogP contribution in [0.1, 0.15) is 32.6 Å². The highest BCUT2D eigenvalue weighted by atomic mass is 16.5. The van der Waals surface area contributed by atoms with Crippen LogP contribution in [0, 0.1) is 5.92 Å². The van der Waals surface area contributed by atoms with E-state index in [1.807, 2.05) is 0 Å². The van der Waals surface area contributed by atoms with Crippen LogP contribution in [0.5, 0.6) is 0 Å². The molecule has 2 rings (SSSR count). The summed E-state index contributed by atoms with van der Waals surface area (Å²) in [4.78, 5) is 24.3. The SMILES string of the molecule is CCC1CCC(C2CC(=O)N(C)C2=O)O1. The van der Waals surface area contributed by atoms with Crippen LogP contribution in [0.4, 0.5) is 0 Å². The van der Waals surface area contributed by atoms with Crippen molar-refractivity contribution >= 4 is 11.8 Å². The summed E-state index contributed by atoms with van der Waals surface area (Å²) in [6.07, 6.45) is 3.50. The number of amides is 2. The first-order valence-corrected chi connectivity index (χ1v) is 5.59. The van der Waals surface area contributed by atoms with E-state index in [-0.39, 0.29) is 29.9 Å². The minimum absolute atomic E-state index is 0.0312. The summed E-state index contributed by atoms with van der Waals surface area (Å²) in [6.45, 7) is 2.08. The number of carbonyl (C=O) groups excluding carboxylic acids is 2. The lowest BCUT2D eigenvalue weighted by Crippen LogP contribution is -2.31. The maximum Gasteiger partial charge on any atom is 0.235 e. The Morgan fingerprint density at radius 2 is 2.13 bits per heavy atom. The highest BCUT2D eigenvalue weighted by molar-refractivity contribution is 6.03. The van der Waals surface area contributed by atoms with E-state index < -0.39 is 0 Å². The van der Waals surface area contributed by atoms with Gasteiger partial charge in [-0.15, -0.1) is 0 Å². The summed E-state index contributed by atoms with van der Waals surface area (Å²) >= 11 is 0. The van der Waals surface area contributed by atoms with Gasteiger partial charge in [0, 0.05) is 13.5 Å². The molecule has 2 heterocycles. The Balaban J connectivity index is 2.01. The Morgan fingerprint density at radius 3 is 2.60 bits per heavy atom. The predicted octanol–water partition coefficient (Wildman–Crippen LogP) is 0.949. The number of likely N-dealkylation sites (tertiary alicyclic amines) is 1. The van der Waals surface area contributed by atoms with Gasteiger partial charge in [-0.3, -0.25) is 14.5 Å². The molecule has 0 radical (unpaired) electrons. The molecule has 2 saturated heterocycles. The van der Waals surface area contributed by atoms with Crippen LogP contribution in [0.2, 0.25) is 0 Å². The van der Waals surface area contributed by atoms with Crippen LogP contribution in [-0.4, -0.2) is 36.0 Å². The number of ether oxygens (including phenoxy) is 1. The maximum absolute atomic E-state index is 11.7. The Bertz CT molecular complexity index is 290. The van der Waals surface area contributed by atoms with E-state index in [0.29, 0.717) is 6.42 Å². The van der Waals surface area contributed by atoms with Gasteiger partial charge in [-0.1, -0.05) is 6.92 Å². The van der Waals surface area contributed by atoms with Crippen molar-refractivity contribution in [3.63, 3.8) is 0 Å². The van der Waals surface area contributed by atoms with Crippen molar-refractivity contribution in [2.45, 2.75) is 44.8 Å². The van der Waals surface area contributed by atoms with Gasteiger partial charge in [0.1, 0.15) is 0 Å². The first kappa shape index (κ1) is 10.6. The van der Waals surface area contributed by atoms with Gasteiger partial charge in [-0.05, 0) is 19.3 Å². The molecule has 0 aliphatic carbocycles. The molecule has 0 spiro atoms. The minimum Gasteiger partial charge on any atom is -0.374 e. The zero-order valence-corrected chi connectivity index (χ0v) is 9.23. The average Bonchev–Trinajstić information content (AvgIpc) is 2.79. The summed E-state index contributed by atoms with van der Waals surface area (Å²) in [7, 11) is 1.55. The summed E-state index contributed by atoms with van der Waals surface area (Å²) in [5.74, 6) is -0.366. The van der Waals surface area contributed by atoms with E-state index in [4.69, 9.17) is 4.74 Å². The summed E-state index contributed by atoms with van der Waals surface area (Å²) in [5, 5.41) is 0. The van der Waals surface area contributed by atoms with Crippen LogP contribution < -0.4 is 0 Å². The second-order valence-corrected chi connectivity index (χ2v) is 4.38. The van der Waals surface area contributed by atoms with Crippen molar-refractivity contribution in [3.8, 4) is 0 Å². The molecule has 2 aliphatic heterocycles. The molecule has 2 amide bonds. The van der Waals surface area contributed by atoms with E-state index in [9.17, 15) is 9.59 Å². The topological polar surface area (TPSA) is 46.6 Å². The monoisotopic (exact) mass is 211 g/mol. The summed E-state index contributed by atoms with van der Waals surface area (Å²) in [6, 6.07) is 0. The lowest BCUT2D eigenvalue weighted by Gasteiger charge is -2.17. The van der Waals surface area contributed by atoms with Gasteiger partial charge >= 0.3 is 0 Å². The van der Waals surface area contributed by atoms with Gasteiger partial charge in [0.15, 0.2) is 0 Å². The van der Waals surface area contributed by atoms with Gasteiger partial charge in [-0.25, -0.2) is 0 Å². The third-order valence-corrected chi connectivity index (χ3v) is 3.46. The Morgan fingerprint density at radius 1 is 1.40 bits per heavy atom. The van der Waals surface area contributed by atoms with E-state index in [2.05, 4.69) is 6.92 Å². The molecule has 2 aliphatic rings. The van der Waals surface area contributed by atoms with Crippen molar-refractivity contribution in [2.75, 3.05) is 7.05 Å². The van der Waals surface area contributed by atoms with E-state index in [1.165, 1.54) is 4.90 Å². The Hall–Kier alpha value is -0.900. The van der Waals surface area contributed by atoms with Gasteiger partial charge in [-0.2, -0.15) is 0 Å². The van der Waals surface area contributed by atoms with E-state index in [1.54, 1.807) is 7.05 Å². The largest absolute Gasteiger partial charge is 0.374 e. The molecule has 3 unspecified atom stereocenters. The van der Waals surface area contributed by atoms with Gasteiger partial charge in [0.05, 0.1) is 18.1 Å². The standard InChI is InChI=1S/C11H17NO3/c1-3-7-4-5-9(15-7)8-6-10(13)12(2)11(8)14/h7-9H,3-6H2,1-2H3. The van der Waals surface area contributed by atoms with E-state index >= 15 is 0 Å². The number of nitrogens with zero attached hydrogens (tertiary/aromatic N) is 1. The molecule has 0 bridgehead atoms.